The van der Waals surface area contributed by atoms with E-state index in [0.717, 1.165) is 42.6 Å². The topological polar surface area (TPSA) is 61.4 Å². The second-order valence-corrected chi connectivity index (χ2v) is 8.51. The van der Waals surface area contributed by atoms with Gasteiger partial charge in [-0.05, 0) is 32.0 Å². The van der Waals surface area contributed by atoms with Crippen LogP contribution < -0.4 is 5.32 Å². The Labute approximate surface area is 165 Å². The highest BCUT2D eigenvalue weighted by Crippen LogP contribution is 2.26. The number of carbonyl (C=O) groups excluding carboxylic acids is 1. The summed E-state index contributed by atoms with van der Waals surface area (Å²) in [6.07, 6.45) is 1.75. The van der Waals surface area contributed by atoms with Crippen molar-refractivity contribution in [2.45, 2.75) is 26.8 Å². The number of aromatic nitrogens is 2. The van der Waals surface area contributed by atoms with Gasteiger partial charge in [-0.2, -0.15) is 0 Å². The van der Waals surface area contributed by atoms with Crippen LogP contribution in [0.25, 0.3) is 10.7 Å². The summed E-state index contributed by atoms with van der Waals surface area (Å²) in [5, 5.41) is 3.94. The molecule has 1 unspecified atom stereocenters. The van der Waals surface area contributed by atoms with Crippen LogP contribution in [0.2, 0.25) is 0 Å². The average Bonchev–Trinajstić information content (AvgIpc) is 3.05. The molecule has 1 N–H and O–H groups in total. The highest BCUT2D eigenvalue weighted by molar-refractivity contribution is 7.17. The Bertz CT molecular complexity index is 753. The number of rotatable bonds is 6. The van der Waals surface area contributed by atoms with Gasteiger partial charge in [-0.3, -0.25) is 14.7 Å². The molecule has 2 aromatic heterocycles. The van der Waals surface area contributed by atoms with Crippen LogP contribution in [-0.4, -0.2) is 71.5 Å². The van der Waals surface area contributed by atoms with Crippen LogP contribution in [-0.2, 0) is 0 Å². The maximum absolute atomic E-state index is 12.8. The quantitative estimate of drug-likeness (QED) is 0.825. The molecule has 1 saturated heterocycles. The minimum absolute atomic E-state index is 0.0352. The van der Waals surface area contributed by atoms with Crippen LogP contribution in [0.5, 0.6) is 0 Å². The summed E-state index contributed by atoms with van der Waals surface area (Å²) in [6.45, 7) is 11.3. The van der Waals surface area contributed by atoms with Gasteiger partial charge in [0.2, 0.25) is 0 Å². The number of nitrogens with one attached hydrogen (secondary N) is 1. The summed E-state index contributed by atoms with van der Waals surface area (Å²) in [6, 6.07) is 6.08. The molecule has 0 radical (unpaired) electrons. The standard InChI is InChI=1S/C20H29N5OS/c1-14(2)17(25-11-9-24(4)10-12-25)13-22-19(26)18-15(3)23-20(27-18)16-7-5-6-8-21-16/h5-8,14,17H,9-13H2,1-4H3,(H,22,26). The smallest absolute Gasteiger partial charge is 0.263 e. The molecule has 0 saturated carbocycles. The molecule has 3 heterocycles. The fourth-order valence-corrected chi connectivity index (χ4v) is 4.38. The fraction of sp³-hybridized carbons (Fsp3) is 0.550. The third-order valence-electron chi connectivity index (χ3n) is 5.14. The van der Waals surface area contributed by atoms with Crippen molar-refractivity contribution >= 4 is 17.2 Å². The predicted octanol–water partition coefficient (Wildman–Crippen LogP) is 2.52. The number of carbonyl (C=O) groups is 1. The molecule has 2 aromatic rings. The van der Waals surface area contributed by atoms with Crippen molar-refractivity contribution in [2.75, 3.05) is 39.8 Å². The number of nitrogens with zero attached hydrogens (tertiary/aromatic N) is 4. The van der Waals surface area contributed by atoms with Crippen LogP contribution >= 0.6 is 11.3 Å². The van der Waals surface area contributed by atoms with Crippen LogP contribution in [0.4, 0.5) is 0 Å². The third-order valence-corrected chi connectivity index (χ3v) is 6.31. The molecule has 3 rings (SSSR count). The van der Waals surface area contributed by atoms with Crippen molar-refractivity contribution in [1.82, 2.24) is 25.1 Å². The van der Waals surface area contributed by atoms with E-state index in [1.54, 1.807) is 6.20 Å². The summed E-state index contributed by atoms with van der Waals surface area (Å²) in [5.74, 6) is 0.451. The van der Waals surface area contributed by atoms with Gasteiger partial charge in [0, 0.05) is 45.0 Å². The Morgan fingerprint density at radius 1 is 1.26 bits per heavy atom. The third kappa shape index (κ3) is 4.91. The monoisotopic (exact) mass is 387 g/mol. The van der Waals surface area contributed by atoms with Gasteiger partial charge in [0.05, 0.1) is 11.4 Å². The minimum atomic E-state index is -0.0352. The molecular weight excluding hydrogens is 358 g/mol. The Morgan fingerprint density at radius 2 is 2.00 bits per heavy atom. The maximum atomic E-state index is 12.8. The number of hydrogen-bond acceptors (Lipinski definition) is 6. The molecule has 6 nitrogen and oxygen atoms in total. The number of aryl methyl sites for hydroxylation is 1. The van der Waals surface area contributed by atoms with E-state index in [0.29, 0.717) is 23.4 Å². The van der Waals surface area contributed by atoms with Gasteiger partial charge in [0.25, 0.3) is 5.91 Å². The second kappa shape index (κ2) is 8.91. The van der Waals surface area contributed by atoms with Crippen LogP contribution in [0.3, 0.4) is 0 Å². The molecule has 27 heavy (non-hydrogen) atoms. The summed E-state index contributed by atoms with van der Waals surface area (Å²) >= 11 is 1.41. The van der Waals surface area contributed by atoms with E-state index in [1.165, 1.54) is 11.3 Å². The highest BCUT2D eigenvalue weighted by Gasteiger charge is 2.26. The lowest BCUT2D eigenvalue weighted by Gasteiger charge is -2.39. The molecule has 1 aliphatic rings. The van der Waals surface area contributed by atoms with Crippen molar-refractivity contribution in [2.24, 2.45) is 5.92 Å². The molecule has 7 heteroatoms. The molecular formula is C20H29N5OS. The summed E-state index contributed by atoms with van der Waals surface area (Å²) < 4.78 is 0. The molecule has 0 spiro atoms. The predicted molar refractivity (Wildman–Crippen MR) is 110 cm³/mol. The van der Waals surface area contributed by atoms with E-state index in [-0.39, 0.29) is 5.91 Å². The molecule has 1 aliphatic heterocycles. The van der Waals surface area contributed by atoms with Gasteiger partial charge in [0.1, 0.15) is 9.88 Å². The Kier molecular flexibility index (Phi) is 6.57. The molecule has 146 valence electrons. The minimum Gasteiger partial charge on any atom is -0.350 e. The van der Waals surface area contributed by atoms with Gasteiger partial charge >= 0.3 is 0 Å². The summed E-state index contributed by atoms with van der Waals surface area (Å²) in [4.78, 5) is 27.2. The van der Waals surface area contributed by atoms with Crippen molar-refractivity contribution in [3.63, 3.8) is 0 Å². The lowest BCUT2D eigenvalue weighted by molar-refractivity contribution is 0.0792. The molecule has 0 aliphatic carbocycles. The van der Waals surface area contributed by atoms with E-state index in [9.17, 15) is 4.79 Å². The first-order chi connectivity index (χ1) is 13.0. The lowest BCUT2D eigenvalue weighted by atomic mass is 10.0. The van der Waals surface area contributed by atoms with E-state index in [2.05, 4.69) is 46.0 Å². The summed E-state index contributed by atoms with van der Waals surface area (Å²) in [7, 11) is 2.16. The highest BCUT2D eigenvalue weighted by atomic mass is 32.1. The fourth-order valence-electron chi connectivity index (χ4n) is 3.42. The van der Waals surface area contributed by atoms with Crippen molar-refractivity contribution in [1.29, 1.82) is 0 Å². The Balaban J connectivity index is 1.65. The van der Waals surface area contributed by atoms with Crippen LogP contribution in [0, 0.1) is 12.8 Å². The number of pyridine rings is 1. The number of likely N-dealkylation sites (N-methyl/N-ethyl adjacent to an activating group) is 1. The van der Waals surface area contributed by atoms with Crippen molar-refractivity contribution in [3.05, 3.63) is 35.0 Å². The van der Waals surface area contributed by atoms with Gasteiger partial charge in [0.15, 0.2) is 0 Å². The van der Waals surface area contributed by atoms with E-state index >= 15 is 0 Å². The zero-order chi connectivity index (χ0) is 19.4. The Morgan fingerprint density at radius 3 is 2.63 bits per heavy atom. The molecule has 1 atom stereocenters. The normalized spacial score (nSPS) is 17.2. The number of hydrogen-bond donors (Lipinski definition) is 1. The maximum Gasteiger partial charge on any atom is 0.263 e. The van der Waals surface area contributed by atoms with Gasteiger partial charge in [-0.1, -0.05) is 19.9 Å². The Hall–Kier alpha value is -1.83. The average molecular weight is 388 g/mol. The number of thiazole rings is 1. The first kappa shape index (κ1) is 19.9. The zero-order valence-corrected chi connectivity index (χ0v) is 17.4. The molecule has 1 fully saturated rings. The number of amides is 1. The largest absolute Gasteiger partial charge is 0.350 e. The number of piperazine rings is 1. The van der Waals surface area contributed by atoms with E-state index in [1.807, 2.05) is 25.1 Å². The first-order valence-electron chi connectivity index (χ1n) is 9.55. The second-order valence-electron chi connectivity index (χ2n) is 7.51. The first-order valence-corrected chi connectivity index (χ1v) is 10.4. The van der Waals surface area contributed by atoms with Crippen molar-refractivity contribution < 1.29 is 4.79 Å². The zero-order valence-electron chi connectivity index (χ0n) is 16.6. The molecule has 0 aromatic carbocycles. The van der Waals surface area contributed by atoms with Gasteiger partial charge < -0.3 is 10.2 Å². The molecule has 0 bridgehead atoms. The van der Waals surface area contributed by atoms with Gasteiger partial charge in [-0.15, -0.1) is 11.3 Å². The SMILES string of the molecule is Cc1nc(-c2ccccn2)sc1C(=O)NCC(C(C)C)N1CCN(C)CC1. The van der Waals surface area contributed by atoms with Gasteiger partial charge in [-0.25, -0.2) is 4.98 Å². The van der Waals surface area contributed by atoms with Crippen molar-refractivity contribution in [3.8, 4) is 10.7 Å². The van der Waals surface area contributed by atoms with Crippen LogP contribution in [0.15, 0.2) is 24.4 Å². The van der Waals surface area contributed by atoms with E-state index < -0.39 is 0 Å². The lowest BCUT2D eigenvalue weighted by Crippen LogP contribution is -2.54. The summed E-state index contributed by atoms with van der Waals surface area (Å²) in [5.41, 5.74) is 1.57. The van der Waals surface area contributed by atoms with Crippen LogP contribution in [0.1, 0.15) is 29.2 Å². The van der Waals surface area contributed by atoms with E-state index in [4.69, 9.17) is 0 Å². The molecule has 1 amide bonds.